The van der Waals surface area contributed by atoms with Crippen LogP contribution in [0.4, 0.5) is 0 Å². The zero-order chi connectivity index (χ0) is 32.7. The van der Waals surface area contributed by atoms with Crippen LogP contribution in [0.25, 0.3) is 77.0 Å². The predicted octanol–water partition coefficient (Wildman–Crippen LogP) is 7.86. The van der Waals surface area contributed by atoms with Crippen molar-refractivity contribution < 1.29 is 24.0 Å². The molecule has 0 atom stereocenters. The molecule has 0 N–H and O–H groups in total. The van der Waals surface area contributed by atoms with Crippen LogP contribution in [0.2, 0.25) is 0 Å². The normalized spacial score (nSPS) is 11.1. The Morgan fingerprint density at radius 2 is 0.760 bits per heavy atom. The summed E-state index contributed by atoms with van der Waals surface area (Å²) < 4.78 is 4.72. The standard InChI is InChI=1S/C36H24N2.C9H7NO.Li/c1-5-13-33-29(9-1)30-10-2-6-14-34(30)37(33)27-21-17-25(18-22-27)26-19-23-28(24-20-26)38-35-15-7-3-11-31(35)32-12-4-8-16-36(32)38;11-8-5-1-3-7-4-2-6-10-9(7)8;/h1-24H;1-6,11H;/q;;+1/p-1. The summed E-state index contributed by atoms with van der Waals surface area (Å²) in [5.74, 6) is -0.0110. The largest absolute Gasteiger partial charge is 1.00 e. The van der Waals surface area contributed by atoms with Gasteiger partial charge in [0.2, 0.25) is 0 Å². The first-order valence-corrected chi connectivity index (χ1v) is 16.4. The first kappa shape index (κ1) is 31.2. The summed E-state index contributed by atoms with van der Waals surface area (Å²) in [6.45, 7) is 0. The molecule has 0 unspecified atom stereocenters. The summed E-state index contributed by atoms with van der Waals surface area (Å²) in [7, 11) is 0. The minimum absolute atomic E-state index is 0. The van der Waals surface area contributed by atoms with E-state index in [4.69, 9.17) is 0 Å². The van der Waals surface area contributed by atoms with Crippen molar-refractivity contribution in [3.05, 3.63) is 182 Å². The average Bonchev–Trinajstić information content (AvgIpc) is 3.69. The maximum absolute atomic E-state index is 11.1. The van der Waals surface area contributed by atoms with Crippen molar-refractivity contribution in [2.24, 2.45) is 0 Å². The van der Waals surface area contributed by atoms with Crippen LogP contribution in [-0.2, 0) is 0 Å². The van der Waals surface area contributed by atoms with Crippen LogP contribution in [0.1, 0.15) is 0 Å². The molecule has 3 aromatic heterocycles. The molecule has 0 spiro atoms. The maximum atomic E-state index is 11.1. The van der Waals surface area contributed by atoms with Crippen molar-refractivity contribution in [1.82, 2.24) is 14.1 Å². The third kappa shape index (κ3) is 5.32. The molecule has 0 amide bonds. The number of para-hydroxylation sites is 5. The van der Waals surface area contributed by atoms with E-state index in [9.17, 15) is 5.11 Å². The number of rotatable bonds is 3. The van der Waals surface area contributed by atoms with Gasteiger partial charge < -0.3 is 14.2 Å². The summed E-state index contributed by atoms with van der Waals surface area (Å²) in [5, 5.41) is 17.2. The van der Waals surface area contributed by atoms with E-state index in [0.717, 1.165) is 5.39 Å². The molecule has 0 radical (unpaired) electrons. The molecule has 10 aromatic rings. The molecule has 0 saturated carbocycles. The number of fused-ring (bicyclic) bond motifs is 7. The Kier molecular flexibility index (Phi) is 8.18. The molecule has 5 heteroatoms. The van der Waals surface area contributed by atoms with Gasteiger partial charge in [0, 0.05) is 39.1 Å². The number of pyridine rings is 1. The Morgan fingerprint density at radius 3 is 1.16 bits per heavy atom. The molecule has 0 aliphatic carbocycles. The zero-order valence-corrected chi connectivity index (χ0v) is 27.6. The molecule has 232 valence electrons. The summed E-state index contributed by atoms with van der Waals surface area (Å²) in [6, 6.07) is 61.3. The van der Waals surface area contributed by atoms with Crippen molar-refractivity contribution in [1.29, 1.82) is 0 Å². The van der Waals surface area contributed by atoms with E-state index in [2.05, 4.69) is 160 Å². The van der Waals surface area contributed by atoms with Gasteiger partial charge in [0.25, 0.3) is 0 Å². The van der Waals surface area contributed by atoms with Crippen molar-refractivity contribution in [2.45, 2.75) is 0 Å². The van der Waals surface area contributed by atoms with Gasteiger partial charge in [0.05, 0.1) is 27.6 Å². The van der Waals surface area contributed by atoms with Gasteiger partial charge >= 0.3 is 18.9 Å². The molecule has 0 bridgehead atoms. The van der Waals surface area contributed by atoms with Crippen LogP contribution in [0.3, 0.4) is 0 Å². The second-order valence-electron chi connectivity index (χ2n) is 12.2. The minimum atomic E-state index is -0.0110. The topological polar surface area (TPSA) is 45.8 Å². The Bertz CT molecular complexity index is 2510. The van der Waals surface area contributed by atoms with Gasteiger partial charge in [-0.15, -0.1) is 0 Å². The molecule has 3 heterocycles. The smallest absolute Gasteiger partial charge is 0.871 e. The number of nitrogens with zero attached hydrogens (tertiary/aromatic N) is 3. The molecule has 4 nitrogen and oxygen atoms in total. The minimum Gasteiger partial charge on any atom is -0.871 e. The Labute approximate surface area is 301 Å². The molecular weight excluding hydrogens is 605 g/mol. The van der Waals surface area contributed by atoms with E-state index in [-0.39, 0.29) is 24.6 Å². The Morgan fingerprint density at radius 1 is 0.380 bits per heavy atom. The van der Waals surface area contributed by atoms with Gasteiger partial charge in [-0.3, -0.25) is 4.98 Å². The van der Waals surface area contributed by atoms with Crippen LogP contribution in [0, 0.1) is 0 Å². The monoisotopic (exact) mass is 635 g/mol. The van der Waals surface area contributed by atoms with Crippen molar-refractivity contribution >= 4 is 54.5 Å². The second kappa shape index (κ2) is 13.1. The summed E-state index contributed by atoms with van der Waals surface area (Å²) in [5.41, 5.74) is 10.3. The number of benzene rings is 7. The van der Waals surface area contributed by atoms with Crippen molar-refractivity contribution in [2.75, 3.05) is 0 Å². The predicted molar refractivity (Wildman–Crippen MR) is 202 cm³/mol. The SMILES string of the molecule is [Li+].[O-]c1cccc2cccnc12.c1ccc2c(c1)c1ccccc1n2-c1ccc(-c2ccc(-n3c4ccccc4c4ccccc43)cc2)cc1. The van der Waals surface area contributed by atoms with Gasteiger partial charge in [-0.05, 0) is 71.1 Å². The van der Waals surface area contributed by atoms with Crippen molar-refractivity contribution in [3.8, 4) is 28.3 Å². The third-order valence-electron chi connectivity index (χ3n) is 9.34. The van der Waals surface area contributed by atoms with E-state index in [1.54, 1.807) is 12.3 Å². The fourth-order valence-corrected chi connectivity index (χ4v) is 7.08. The van der Waals surface area contributed by atoms with Crippen LogP contribution in [-0.4, -0.2) is 14.1 Å². The van der Waals surface area contributed by atoms with E-state index in [0.29, 0.717) is 5.52 Å². The van der Waals surface area contributed by atoms with Crippen molar-refractivity contribution in [3.63, 3.8) is 0 Å². The molecule has 0 saturated heterocycles. The van der Waals surface area contributed by atoms with Gasteiger partial charge in [-0.2, -0.15) is 0 Å². The molecule has 0 fully saturated rings. The molecular formula is C45H30LiN3O. The van der Waals surface area contributed by atoms with Crippen LogP contribution in [0.15, 0.2) is 182 Å². The molecule has 7 aromatic carbocycles. The first-order chi connectivity index (χ1) is 24.2. The van der Waals surface area contributed by atoms with Gasteiger partial charge in [-0.1, -0.05) is 127 Å². The summed E-state index contributed by atoms with van der Waals surface area (Å²) in [6.07, 6.45) is 1.63. The molecule has 0 aliphatic rings. The van der Waals surface area contributed by atoms with E-state index in [1.165, 1.54) is 72.2 Å². The summed E-state index contributed by atoms with van der Waals surface area (Å²) >= 11 is 0. The summed E-state index contributed by atoms with van der Waals surface area (Å²) in [4.78, 5) is 3.97. The Balaban J connectivity index is 0.000000257. The molecule has 0 aliphatic heterocycles. The fraction of sp³-hybridized carbons (Fsp3) is 0. The first-order valence-electron chi connectivity index (χ1n) is 16.4. The average molecular weight is 636 g/mol. The van der Waals surface area contributed by atoms with Gasteiger partial charge in [0.15, 0.2) is 0 Å². The third-order valence-corrected chi connectivity index (χ3v) is 9.34. The van der Waals surface area contributed by atoms with Gasteiger partial charge in [-0.25, -0.2) is 0 Å². The van der Waals surface area contributed by atoms with Gasteiger partial charge in [0.1, 0.15) is 0 Å². The van der Waals surface area contributed by atoms with Crippen LogP contribution >= 0.6 is 0 Å². The van der Waals surface area contributed by atoms with E-state index in [1.807, 2.05) is 18.2 Å². The second-order valence-corrected chi connectivity index (χ2v) is 12.2. The zero-order valence-electron chi connectivity index (χ0n) is 27.6. The molecule has 10 rings (SSSR count). The number of aromatic nitrogens is 3. The maximum Gasteiger partial charge on any atom is 1.00 e. The van der Waals surface area contributed by atoms with E-state index >= 15 is 0 Å². The van der Waals surface area contributed by atoms with Crippen LogP contribution in [0.5, 0.6) is 5.75 Å². The molecule has 50 heavy (non-hydrogen) atoms. The number of hydrogen-bond acceptors (Lipinski definition) is 2. The quantitative estimate of drug-likeness (QED) is 0.186. The fourth-order valence-electron chi connectivity index (χ4n) is 7.08. The number of hydrogen-bond donors (Lipinski definition) is 0. The van der Waals surface area contributed by atoms with Crippen LogP contribution < -0.4 is 24.0 Å². The Hall–Kier alpha value is -6.05. The van der Waals surface area contributed by atoms with E-state index < -0.39 is 0 Å².